The molecular formula is C22H32O3. The molecule has 3 rings (SSSR count). The Morgan fingerprint density at radius 1 is 1.12 bits per heavy atom. The largest absolute Gasteiger partial charge is 0.508 e. The molecule has 3 nitrogen and oxygen atoms in total. The molecule has 1 N–H and O–H groups in total. The van der Waals surface area contributed by atoms with E-state index in [1.807, 2.05) is 6.07 Å². The van der Waals surface area contributed by atoms with Crippen LogP contribution in [-0.2, 0) is 0 Å². The van der Waals surface area contributed by atoms with Crippen molar-refractivity contribution in [2.45, 2.75) is 53.4 Å². The maximum atomic E-state index is 9.85. The number of methoxy groups -OCH3 is 1. The number of phenols is 1. The Morgan fingerprint density at radius 3 is 2.56 bits per heavy atom. The highest BCUT2D eigenvalue weighted by molar-refractivity contribution is 5.41. The summed E-state index contributed by atoms with van der Waals surface area (Å²) in [7, 11) is 1.60. The first-order valence-electron chi connectivity index (χ1n) is 9.44. The van der Waals surface area contributed by atoms with Crippen molar-refractivity contribution in [3.8, 4) is 17.2 Å². The lowest BCUT2D eigenvalue weighted by Gasteiger charge is -2.56. The van der Waals surface area contributed by atoms with Gasteiger partial charge in [0.25, 0.3) is 0 Å². The van der Waals surface area contributed by atoms with Crippen LogP contribution in [0.25, 0.3) is 0 Å². The van der Waals surface area contributed by atoms with E-state index in [4.69, 9.17) is 9.47 Å². The van der Waals surface area contributed by atoms with Crippen molar-refractivity contribution in [1.29, 1.82) is 0 Å². The highest BCUT2D eigenvalue weighted by atomic mass is 16.5. The van der Waals surface area contributed by atoms with Crippen molar-refractivity contribution in [2.24, 2.45) is 22.7 Å². The first-order valence-corrected chi connectivity index (χ1v) is 9.44. The topological polar surface area (TPSA) is 38.7 Å². The molecule has 2 aliphatic rings. The Bertz CT molecular complexity index is 661. The van der Waals surface area contributed by atoms with E-state index < -0.39 is 0 Å². The third-order valence-electron chi connectivity index (χ3n) is 6.81. The summed E-state index contributed by atoms with van der Waals surface area (Å²) in [6.07, 6.45) is 7.49. The monoisotopic (exact) mass is 344 g/mol. The molecule has 2 aliphatic carbocycles. The van der Waals surface area contributed by atoms with Gasteiger partial charge in [0.15, 0.2) is 0 Å². The average molecular weight is 344 g/mol. The van der Waals surface area contributed by atoms with Crippen LogP contribution in [0.2, 0.25) is 0 Å². The Balaban J connectivity index is 1.82. The zero-order chi connectivity index (χ0) is 18.2. The summed E-state index contributed by atoms with van der Waals surface area (Å²) in [4.78, 5) is 0. The standard InChI is InChI=1S/C22H32O3/c1-15-7-8-20-21(2,3)9-6-10-22(20,4)19(15)14-25-18-12-16(23)11-17(13-18)24-5/h7,11-13,19-20,23H,6,8-10,14H2,1-5H3/t19-,20?,22+/m0/s1. The SMILES string of the molecule is COc1cc(O)cc(OC[C@H]2C(C)=CCC3C(C)(C)CCC[C@@]32C)c1. The van der Waals surface area contributed by atoms with Gasteiger partial charge in [-0.25, -0.2) is 0 Å². The molecule has 1 saturated carbocycles. The number of hydrogen-bond donors (Lipinski definition) is 1. The van der Waals surface area contributed by atoms with Gasteiger partial charge < -0.3 is 14.6 Å². The molecule has 0 heterocycles. The minimum absolute atomic E-state index is 0.174. The molecule has 0 bridgehead atoms. The molecule has 1 unspecified atom stereocenters. The second kappa shape index (κ2) is 6.59. The van der Waals surface area contributed by atoms with Gasteiger partial charge in [0.1, 0.15) is 17.2 Å². The van der Waals surface area contributed by atoms with Crippen LogP contribution in [0.5, 0.6) is 17.2 Å². The molecule has 25 heavy (non-hydrogen) atoms. The summed E-state index contributed by atoms with van der Waals surface area (Å²) in [6, 6.07) is 5.10. The van der Waals surface area contributed by atoms with Crippen LogP contribution in [0.1, 0.15) is 53.4 Å². The second-order valence-corrected chi connectivity index (χ2v) is 8.81. The predicted molar refractivity (Wildman–Crippen MR) is 101 cm³/mol. The molecule has 0 aliphatic heterocycles. The number of allylic oxidation sites excluding steroid dienone is 1. The first-order chi connectivity index (χ1) is 11.8. The Labute approximate surface area is 152 Å². The van der Waals surface area contributed by atoms with Gasteiger partial charge in [-0.2, -0.15) is 0 Å². The van der Waals surface area contributed by atoms with E-state index in [1.165, 1.54) is 31.3 Å². The van der Waals surface area contributed by atoms with Crippen molar-refractivity contribution in [1.82, 2.24) is 0 Å². The van der Waals surface area contributed by atoms with Crippen LogP contribution in [-0.4, -0.2) is 18.8 Å². The fraction of sp³-hybridized carbons (Fsp3) is 0.636. The quantitative estimate of drug-likeness (QED) is 0.725. The van der Waals surface area contributed by atoms with Crippen molar-refractivity contribution < 1.29 is 14.6 Å². The van der Waals surface area contributed by atoms with Gasteiger partial charge in [-0.05, 0) is 42.9 Å². The van der Waals surface area contributed by atoms with Gasteiger partial charge in [-0.3, -0.25) is 0 Å². The highest BCUT2D eigenvalue weighted by Gasteiger charge is 2.52. The normalized spacial score (nSPS) is 31.0. The van der Waals surface area contributed by atoms with E-state index in [0.717, 1.165) is 0 Å². The lowest BCUT2D eigenvalue weighted by atomic mass is 9.49. The van der Waals surface area contributed by atoms with E-state index in [-0.39, 0.29) is 11.2 Å². The Hall–Kier alpha value is -1.64. The molecule has 1 aromatic carbocycles. The third-order valence-corrected chi connectivity index (χ3v) is 6.81. The van der Waals surface area contributed by atoms with Crippen LogP contribution < -0.4 is 9.47 Å². The fourth-order valence-electron chi connectivity index (χ4n) is 5.40. The van der Waals surface area contributed by atoms with E-state index >= 15 is 0 Å². The van der Waals surface area contributed by atoms with Crippen molar-refractivity contribution in [2.75, 3.05) is 13.7 Å². The number of benzene rings is 1. The average Bonchev–Trinajstić information content (AvgIpc) is 2.52. The van der Waals surface area contributed by atoms with Gasteiger partial charge in [-0.15, -0.1) is 0 Å². The molecule has 138 valence electrons. The summed E-state index contributed by atoms with van der Waals surface area (Å²) in [5, 5.41) is 9.85. The van der Waals surface area contributed by atoms with Gasteiger partial charge in [0.2, 0.25) is 0 Å². The van der Waals surface area contributed by atoms with Crippen LogP contribution in [0.4, 0.5) is 0 Å². The van der Waals surface area contributed by atoms with Gasteiger partial charge in [0.05, 0.1) is 13.7 Å². The molecule has 0 radical (unpaired) electrons. The van der Waals surface area contributed by atoms with Crippen LogP contribution in [0.3, 0.4) is 0 Å². The predicted octanol–water partition coefficient (Wildman–Crippen LogP) is 5.58. The molecule has 0 saturated heterocycles. The summed E-state index contributed by atoms with van der Waals surface area (Å²) < 4.78 is 11.4. The smallest absolute Gasteiger partial charge is 0.126 e. The lowest BCUT2D eigenvalue weighted by Crippen LogP contribution is -2.49. The van der Waals surface area contributed by atoms with Crippen LogP contribution in [0.15, 0.2) is 29.8 Å². The van der Waals surface area contributed by atoms with Crippen molar-refractivity contribution >= 4 is 0 Å². The molecule has 0 spiro atoms. The van der Waals surface area contributed by atoms with Crippen molar-refractivity contribution in [3.63, 3.8) is 0 Å². The number of phenolic OH excluding ortho intramolecular Hbond substituents is 1. The molecule has 3 atom stereocenters. The zero-order valence-electron chi connectivity index (χ0n) is 16.3. The van der Waals surface area contributed by atoms with Crippen LogP contribution >= 0.6 is 0 Å². The molecular weight excluding hydrogens is 312 g/mol. The Morgan fingerprint density at radius 2 is 1.84 bits per heavy atom. The lowest BCUT2D eigenvalue weighted by molar-refractivity contribution is -0.0481. The Kier molecular flexibility index (Phi) is 4.78. The summed E-state index contributed by atoms with van der Waals surface area (Å²) in [6.45, 7) is 10.2. The first kappa shape index (κ1) is 18.2. The summed E-state index contributed by atoms with van der Waals surface area (Å²) >= 11 is 0. The van der Waals surface area contributed by atoms with E-state index in [2.05, 4.69) is 33.8 Å². The second-order valence-electron chi connectivity index (χ2n) is 8.81. The number of ether oxygens (including phenoxy) is 2. The molecule has 0 aromatic heterocycles. The third kappa shape index (κ3) is 3.38. The molecule has 0 amide bonds. The maximum Gasteiger partial charge on any atom is 0.126 e. The number of fused-ring (bicyclic) bond motifs is 1. The molecule has 3 heteroatoms. The fourth-order valence-corrected chi connectivity index (χ4v) is 5.40. The van der Waals surface area contributed by atoms with Crippen molar-refractivity contribution in [3.05, 3.63) is 29.8 Å². The zero-order valence-corrected chi connectivity index (χ0v) is 16.3. The molecule has 1 aromatic rings. The summed E-state index contributed by atoms with van der Waals surface area (Å²) in [5.74, 6) is 2.58. The van der Waals surface area contributed by atoms with Crippen LogP contribution in [0, 0.1) is 22.7 Å². The molecule has 1 fully saturated rings. The minimum Gasteiger partial charge on any atom is -0.508 e. The number of hydrogen-bond acceptors (Lipinski definition) is 3. The number of aromatic hydroxyl groups is 1. The maximum absolute atomic E-state index is 9.85. The summed E-state index contributed by atoms with van der Waals surface area (Å²) in [5.41, 5.74) is 2.11. The van der Waals surface area contributed by atoms with E-state index in [9.17, 15) is 5.11 Å². The van der Waals surface area contributed by atoms with Gasteiger partial charge in [0, 0.05) is 24.1 Å². The number of rotatable bonds is 4. The van der Waals surface area contributed by atoms with E-state index in [0.29, 0.717) is 35.4 Å². The highest BCUT2D eigenvalue weighted by Crippen LogP contribution is 2.59. The van der Waals surface area contributed by atoms with Gasteiger partial charge in [-0.1, -0.05) is 38.8 Å². The van der Waals surface area contributed by atoms with E-state index in [1.54, 1.807) is 19.2 Å². The minimum atomic E-state index is 0.174. The van der Waals surface area contributed by atoms with Gasteiger partial charge >= 0.3 is 0 Å².